The molecule has 3 N–H and O–H groups in total. The highest BCUT2D eigenvalue weighted by molar-refractivity contribution is 5.95. The fourth-order valence-electron chi connectivity index (χ4n) is 3.83. The van der Waals surface area contributed by atoms with E-state index in [1.165, 1.54) is 51.4 Å². The summed E-state index contributed by atoms with van der Waals surface area (Å²) in [5.41, 5.74) is -0.0781. The molecule has 0 aliphatic heterocycles. The molecule has 0 aliphatic carbocycles. The molecule has 1 aromatic rings. The van der Waals surface area contributed by atoms with Crippen molar-refractivity contribution in [3.8, 4) is 23.0 Å². The average molecular weight is 453 g/mol. The van der Waals surface area contributed by atoms with Crippen LogP contribution in [-0.4, -0.2) is 34.5 Å². The molecule has 184 valence electrons. The van der Waals surface area contributed by atoms with E-state index in [-0.39, 0.29) is 22.6 Å². The van der Waals surface area contributed by atoms with Crippen molar-refractivity contribution >= 4 is 5.97 Å². The number of aromatic hydroxyl groups is 2. The van der Waals surface area contributed by atoms with Crippen LogP contribution in [0.2, 0.25) is 0 Å². The van der Waals surface area contributed by atoms with Crippen LogP contribution in [0.4, 0.5) is 0 Å². The van der Waals surface area contributed by atoms with Crippen LogP contribution in [-0.2, 0) is 0 Å². The smallest absolute Gasteiger partial charge is 0.340 e. The molecule has 0 saturated carbocycles. The first kappa shape index (κ1) is 27.9. The summed E-state index contributed by atoms with van der Waals surface area (Å²) in [6, 6.07) is 0. The Morgan fingerprint density at radius 1 is 0.656 bits per heavy atom. The first-order chi connectivity index (χ1) is 15.5. The van der Waals surface area contributed by atoms with E-state index in [1.54, 1.807) is 6.92 Å². The Hall–Kier alpha value is -2.11. The minimum absolute atomic E-state index is 0.0407. The zero-order chi connectivity index (χ0) is 23.8. The zero-order valence-electron chi connectivity index (χ0n) is 20.4. The third-order valence-electron chi connectivity index (χ3n) is 5.80. The summed E-state index contributed by atoms with van der Waals surface area (Å²) in [6.45, 7) is 6.75. The van der Waals surface area contributed by atoms with Crippen molar-refractivity contribution < 1.29 is 29.6 Å². The maximum atomic E-state index is 11.6. The Balaban J connectivity index is 2.70. The third-order valence-corrected chi connectivity index (χ3v) is 5.80. The van der Waals surface area contributed by atoms with Gasteiger partial charge in [0.2, 0.25) is 11.5 Å². The van der Waals surface area contributed by atoms with Gasteiger partial charge in [-0.05, 0) is 19.8 Å². The molecule has 1 rings (SSSR count). The lowest BCUT2D eigenvalue weighted by molar-refractivity contribution is 0.0691. The predicted octanol–water partition coefficient (Wildman–Crippen LogP) is 7.36. The highest BCUT2D eigenvalue weighted by atomic mass is 16.5. The maximum absolute atomic E-state index is 11.6. The Kier molecular flexibility index (Phi) is 14.4. The number of phenolic OH excluding ortho intramolecular Hbond substituents is 1. The molecular formula is C26H44O6. The first-order valence-electron chi connectivity index (χ1n) is 12.5. The summed E-state index contributed by atoms with van der Waals surface area (Å²) >= 11 is 0. The number of ether oxygens (including phenoxy) is 2. The standard InChI is InChI=1S/C26H44O6/c1-4-6-8-10-12-14-16-18-31-24-20(3)21(26(29)30)22(27)23(28)25(24)32-19-17-15-13-11-9-7-5-2/h27-28H,4-19H2,1-3H3,(H,29,30). The van der Waals surface area contributed by atoms with Crippen LogP contribution in [0.5, 0.6) is 23.0 Å². The number of hydrogen-bond donors (Lipinski definition) is 3. The molecular weight excluding hydrogens is 408 g/mol. The van der Waals surface area contributed by atoms with Gasteiger partial charge >= 0.3 is 5.97 Å². The van der Waals surface area contributed by atoms with Gasteiger partial charge in [-0.1, -0.05) is 90.9 Å². The second kappa shape index (κ2) is 16.5. The van der Waals surface area contributed by atoms with Gasteiger partial charge in [-0.25, -0.2) is 4.79 Å². The van der Waals surface area contributed by atoms with Gasteiger partial charge in [0.05, 0.1) is 13.2 Å². The first-order valence-corrected chi connectivity index (χ1v) is 12.5. The molecule has 0 atom stereocenters. The molecule has 0 radical (unpaired) electrons. The summed E-state index contributed by atoms with van der Waals surface area (Å²) in [4.78, 5) is 11.6. The van der Waals surface area contributed by atoms with Crippen LogP contribution in [0, 0.1) is 6.92 Å². The molecule has 6 nitrogen and oxygen atoms in total. The molecule has 0 saturated heterocycles. The number of phenols is 2. The third kappa shape index (κ3) is 9.58. The van der Waals surface area contributed by atoms with Gasteiger partial charge in [0.15, 0.2) is 11.5 Å². The van der Waals surface area contributed by atoms with E-state index in [0.717, 1.165) is 38.5 Å². The molecule has 1 aromatic carbocycles. The van der Waals surface area contributed by atoms with Crippen molar-refractivity contribution in [1.29, 1.82) is 0 Å². The molecule has 0 unspecified atom stereocenters. The van der Waals surface area contributed by atoms with E-state index in [4.69, 9.17) is 9.47 Å². The van der Waals surface area contributed by atoms with Crippen LogP contribution >= 0.6 is 0 Å². The number of carbonyl (C=O) groups is 1. The largest absolute Gasteiger partial charge is 0.504 e. The molecule has 0 spiro atoms. The summed E-state index contributed by atoms with van der Waals surface area (Å²) < 4.78 is 11.7. The highest BCUT2D eigenvalue weighted by Crippen LogP contribution is 2.48. The molecule has 0 aliphatic rings. The quantitative estimate of drug-likeness (QED) is 0.150. The van der Waals surface area contributed by atoms with Crippen molar-refractivity contribution in [2.75, 3.05) is 13.2 Å². The van der Waals surface area contributed by atoms with Crippen molar-refractivity contribution in [2.45, 2.75) is 111 Å². The number of benzene rings is 1. The number of rotatable bonds is 19. The van der Waals surface area contributed by atoms with Gasteiger partial charge in [0.25, 0.3) is 0 Å². The summed E-state index contributed by atoms with van der Waals surface area (Å²) in [5.74, 6) is -2.29. The number of unbranched alkanes of at least 4 members (excludes halogenated alkanes) is 12. The summed E-state index contributed by atoms with van der Waals surface area (Å²) in [5, 5.41) is 30.1. The Morgan fingerprint density at radius 2 is 1.06 bits per heavy atom. The normalized spacial score (nSPS) is 11.0. The number of hydrogen-bond acceptors (Lipinski definition) is 5. The maximum Gasteiger partial charge on any atom is 0.340 e. The Morgan fingerprint density at radius 3 is 1.50 bits per heavy atom. The second-order valence-electron chi connectivity index (χ2n) is 8.60. The van der Waals surface area contributed by atoms with Crippen LogP contribution in [0.1, 0.15) is 120 Å². The van der Waals surface area contributed by atoms with E-state index in [0.29, 0.717) is 13.2 Å². The van der Waals surface area contributed by atoms with E-state index in [2.05, 4.69) is 13.8 Å². The van der Waals surface area contributed by atoms with E-state index < -0.39 is 17.5 Å². The fraction of sp³-hybridized carbons (Fsp3) is 0.731. The lowest BCUT2D eigenvalue weighted by Crippen LogP contribution is -2.09. The highest BCUT2D eigenvalue weighted by Gasteiger charge is 2.27. The Bertz CT molecular complexity index is 671. The average Bonchev–Trinajstić information content (AvgIpc) is 2.76. The van der Waals surface area contributed by atoms with Gasteiger partial charge in [-0.2, -0.15) is 0 Å². The molecule has 0 heterocycles. The molecule has 32 heavy (non-hydrogen) atoms. The second-order valence-corrected chi connectivity index (χ2v) is 8.60. The SMILES string of the molecule is CCCCCCCCCOc1c(C)c(C(=O)O)c(O)c(O)c1OCCCCCCCCC. The van der Waals surface area contributed by atoms with Crippen LogP contribution in [0.15, 0.2) is 0 Å². The molecule has 0 amide bonds. The van der Waals surface area contributed by atoms with E-state index in [9.17, 15) is 20.1 Å². The monoisotopic (exact) mass is 452 g/mol. The minimum Gasteiger partial charge on any atom is -0.504 e. The van der Waals surface area contributed by atoms with Crippen LogP contribution in [0.3, 0.4) is 0 Å². The summed E-state index contributed by atoms with van der Waals surface area (Å²) in [6.07, 6.45) is 15.9. The molecule has 0 fully saturated rings. The summed E-state index contributed by atoms with van der Waals surface area (Å²) in [7, 11) is 0. The van der Waals surface area contributed by atoms with Gasteiger partial charge in [-0.15, -0.1) is 0 Å². The lowest BCUT2D eigenvalue weighted by atomic mass is 10.0. The Labute approximate surface area is 194 Å². The van der Waals surface area contributed by atoms with Crippen molar-refractivity contribution in [3.05, 3.63) is 11.1 Å². The van der Waals surface area contributed by atoms with Crippen molar-refractivity contribution in [3.63, 3.8) is 0 Å². The zero-order valence-corrected chi connectivity index (χ0v) is 20.4. The van der Waals surface area contributed by atoms with Crippen molar-refractivity contribution in [1.82, 2.24) is 0 Å². The van der Waals surface area contributed by atoms with Gasteiger partial charge in [0.1, 0.15) is 5.56 Å². The van der Waals surface area contributed by atoms with Gasteiger partial charge in [0, 0.05) is 5.56 Å². The van der Waals surface area contributed by atoms with Crippen LogP contribution in [0.25, 0.3) is 0 Å². The molecule has 6 heteroatoms. The minimum atomic E-state index is -1.31. The van der Waals surface area contributed by atoms with E-state index >= 15 is 0 Å². The fourth-order valence-corrected chi connectivity index (χ4v) is 3.83. The van der Waals surface area contributed by atoms with Crippen molar-refractivity contribution in [2.24, 2.45) is 0 Å². The number of carboxylic acid groups (broad SMARTS) is 1. The molecule has 0 bridgehead atoms. The van der Waals surface area contributed by atoms with Gasteiger partial charge < -0.3 is 24.8 Å². The number of aromatic carboxylic acids is 1. The van der Waals surface area contributed by atoms with Gasteiger partial charge in [-0.3, -0.25) is 0 Å². The topological polar surface area (TPSA) is 96.2 Å². The lowest BCUT2D eigenvalue weighted by Gasteiger charge is -2.19. The molecule has 0 aromatic heterocycles. The van der Waals surface area contributed by atoms with E-state index in [1.807, 2.05) is 0 Å². The van der Waals surface area contributed by atoms with Crippen LogP contribution < -0.4 is 9.47 Å². The number of carboxylic acids is 1. The predicted molar refractivity (Wildman–Crippen MR) is 128 cm³/mol.